The largest absolute Gasteiger partial charge is 0.299 e. The number of nitrogens with zero attached hydrogens (tertiary/aromatic N) is 1. The summed E-state index contributed by atoms with van der Waals surface area (Å²) >= 11 is 0. The van der Waals surface area contributed by atoms with E-state index in [0.29, 0.717) is 11.1 Å². The number of Topliss-reactive ketones (excluding diaryl/α,β-unsaturated/α-hetero) is 1. The van der Waals surface area contributed by atoms with Gasteiger partial charge in [-0.05, 0) is 30.7 Å². The molecule has 0 aromatic heterocycles. The quantitative estimate of drug-likeness (QED) is 0.838. The predicted molar refractivity (Wildman–Crippen MR) is 76.6 cm³/mol. The number of hydrogen-bond acceptors (Lipinski definition) is 2. The lowest BCUT2D eigenvalue weighted by Gasteiger charge is -2.33. The monoisotopic (exact) mass is 287 g/mol. The van der Waals surface area contributed by atoms with Crippen molar-refractivity contribution in [3.63, 3.8) is 0 Å². The Hall–Kier alpha value is -2.28. The second-order valence-corrected chi connectivity index (χ2v) is 5.14. The van der Waals surface area contributed by atoms with E-state index in [4.69, 9.17) is 5.26 Å². The third-order valence-corrected chi connectivity index (χ3v) is 3.74. The van der Waals surface area contributed by atoms with Crippen LogP contribution in [0.2, 0.25) is 0 Å². The molecule has 0 heterocycles. The summed E-state index contributed by atoms with van der Waals surface area (Å²) in [5.41, 5.74) is -1.50. The number of nitriles is 1. The maximum Gasteiger partial charge on any atom is 0.149 e. The number of carbonyl (C=O) groups excluding carboxylic acids is 1. The lowest BCUT2D eigenvalue weighted by molar-refractivity contribution is -0.123. The number of allylic oxidation sites excluding steroid dienone is 4. The van der Waals surface area contributed by atoms with E-state index in [1.54, 1.807) is 6.92 Å². The minimum absolute atomic E-state index is 0.138. The van der Waals surface area contributed by atoms with Crippen LogP contribution in [0.15, 0.2) is 42.2 Å². The van der Waals surface area contributed by atoms with Crippen LogP contribution in [0, 0.1) is 17.2 Å². The number of hydrogen-bond donors (Lipinski definition) is 0. The summed E-state index contributed by atoms with van der Waals surface area (Å²) in [7, 11) is 0. The lowest BCUT2D eigenvalue weighted by Crippen LogP contribution is -2.37. The molecule has 1 aliphatic rings. The molecule has 0 bridgehead atoms. The molecule has 0 spiro atoms. The number of alkyl halides is 1. The Morgan fingerprint density at radius 2 is 2.00 bits per heavy atom. The molecule has 2 unspecified atom stereocenters. The van der Waals surface area contributed by atoms with Gasteiger partial charge in [0.2, 0.25) is 0 Å². The summed E-state index contributed by atoms with van der Waals surface area (Å²) in [5.74, 6) is -1.95. The molecule has 0 N–H and O–H groups in total. The highest BCUT2D eigenvalue weighted by atomic mass is 19.1. The zero-order valence-corrected chi connectivity index (χ0v) is 11.9. The van der Waals surface area contributed by atoms with Crippen LogP contribution in [-0.2, 0) is 4.79 Å². The Balaban J connectivity index is 2.51. The highest BCUT2D eigenvalue weighted by Gasteiger charge is 2.44. The molecule has 0 fully saturated rings. The van der Waals surface area contributed by atoms with E-state index in [-0.39, 0.29) is 17.8 Å². The number of carbonyl (C=O) groups is 1. The lowest BCUT2D eigenvalue weighted by atomic mass is 9.75. The normalized spacial score (nSPS) is 24.8. The molecular formula is C17H15F2NO. The fraction of sp³-hybridized carbons (Fsp3) is 0.294. The van der Waals surface area contributed by atoms with E-state index in [2.05, 4.69) is 0 Å². The molecule has 0 saturated carbocycles. The van der Waals surface area contributed by atoms with Crippen molar-refractivity contribution in [3.8, 4) is 6.07 Å². The summed E-state index contributed by atoms with van der Waals surface area (Å²) in [6.45, 7) is 2.88. The van der Waals surface area contributed by atoms with Crippen LogP contribution >= 0.6 is 0 Å². The van der Waals surface area contributed by atoms with Crippen LogP contribution in [0.3, 0.4) is 0 Å². The van der Waals surface area contributed by atoms with Crippen molar-refractivity contribution >= 4 is 11.4 Å². The highest BCUT2D eigenvalue weighted by Crippen LogP contribution is 2.44. The van der Waals surface area contributed by atoms with Crippen LogP contribution in [-0.4, -0.2) is 11.5 Å². The van der Waals surface area contributed by atoms with E-state index in [1.165, 1.54) is 37.3 Å². The molecule has 1 aromatic rings. The Morgan fingerprint density at radius 1 is 1.38 bits per heavy atom. The van der Waals surface area contributed by atoms with E-state index >= 15 is 4.39 Å². The van der Waals surface area contributed by atoms with Gasteiger partial charge in [-0.15, -0.1) is 0 Å². The molecule has 1 aliphatic carbocycles. The van der Waals surface area contributed by atoms with Gasteiger partial charge < -0.3 is 0 Å². The first-order valence-electron chi connectivity index (χ1n) is 6.72. The fourth-order valence-electron chi connectivity index (χ4n) is 2.59. The van der Waals surface area contributed by atoms with Gasteiger partial charge in [0.15, 0.2) is 0 Å². The fourth-order valence-corrected chi connectivity index (χ4v) is 2.59. The smallest absolute Gasteiger partial charge is 0.149 e. The molecule has 0 saturated heterocycles. The number of ketones is 1. The summed E-state index contributed by atoms with van der Waals surface area (Å²) in [6, 6.07) is 7.95. The van der Waals surface area contributed by atoms with Gasteiger partial charge in [0.1, 0.15) is 17.3 Å². The molecule has 108 valence electrons. The average molecular weight is 287 g/mol. The van der Waals surface area contributed by atoms with E-state index in [0.717, 1.165) is 6.08 Å². The summed E-state index contributed by atoms with van der Waals surface area (Å²) in [4.78, 5) is 11.9. The van der Waals surface area contributed by atoms with Crippen LogP contribution in [0.5, 0.6) is 0 Å². The first-order valence-corrected chi connectivity index (χ1v) is 6.72. The molecule has 4 heteroatoms. The summed E-state index contributed by atoms with van der Waals surface area (Å²) in [5, 5.41) is 8.77. The van der Waals surface area contributed by atoms with E-state index < -0.39 is 17.4 Å². The van der Waals surface area contributed by atoms with Crippen molar-refractivity contribution in [1.82, 2.24) is 0 Å². The molecule has 1 aromatic carbocycles. The highest BCUT2D eigenvalue weighted by molar-refractivity contribution is 5.90. The Bertz CT molecular complexity index is 663. The zero-order valence-electron chi connectivity index (χ0n) is 11.9. The third kappa shape index (κ3) is 2.64. The maximum absolute atomic E-state index is 15.1. The van der Waals surface area contributed by atoms with Crippen molar-refractivity contribution in [1.29, 1.82) is 5.26 Å². The second kappa shape index (κ2) is 5.61. The van der Waals surface area contributed by atoms with Crippen molar-refractivity contribution in [2.45, 2.75) is 25.9 Å². The molecule has 0 amide bonds. The molecule has 2 atom stereocenters. The SMILES string of the molecule is CCC(=O)C1C=CC(F)=C(c2ccc(C#N)cc2)C1(C)F. The van der Waals surface area contributed by atoms with Gasteiger partial charge in [0.25, 0.3) is 0 Å². The van der Waals surface area contributed by atoms with Gasteiger partial charge >= 0.3 is 0 Å². The van der Waals surface area contributed by atoms with E-state index in [1.807, 2.05) is 6.07 Å². The van der Waals surface area contributed by atoms with Crippen molar-refractivity contribution in [2.24, 2.45) is 5.92 Å². The molecule has 0 radical (unpaired) electrons. The minimum Gasteiger partial charge on any atom is -0.299 e. The van der Waals surface area contributed by atoms with Gasteiger partial charge in [-0.25, -0.2) is 8.78 Å². The zero-order chi connectivity index (χ0) is 15.6. The van der Waals surface area contributed by atoms with Crippen molar-refractivity contribution < 1.29 is 13.6 Å². The van der Waals surface area contributed by atoms with Crippen LogP contribution in [0.25, 0.3) is 5.57 Å². The Labute approximate surface area is 122 Å². The van der Waals surface area contributed by atoms with E-state index in [9.17, 15) is 9.18 Å². The van der Waals surface area contributed by atoms with Gasteiger partial charge in [-0.1, -0.05) is 25.1 Å². The second-order valence-electron chi connectivity index (χ2n) is 5.14. The van der Waals surface area contributed by atoms with Crippen LogP contribution in [0.1, 0.15) is 31.4 Å². The third-order valence-electron chi connectivity index (χ3n) is 3.74. The molecular weight excluding hydrogens is 272 g/mol. The standard InChI is InChI=1S/C17H15F2NO/c1-3-15(21)13-8-9-14(18)16(17(13,2)19)12-6-4-11(10-20)5-7-12/h4-9,13H,3H2,1-2H3. The molecule has 2 rings (SSSR count). The topological polar surface area (TPSA) is 40.9 Å². The van der Waals surface area contributed by atoms with Gasteiger partial charge in [0, 0.05) is 12.0 Å². The molecule has 21 heavy (non-hydrogen) atoms. The first kappa shape index (κ1) is 15.1. The maximum atomic E-state index is 15.1. The Morgan fingerprint density at radius 3 is 2.52 bits per heavy atom. The minimum atomic E-state index is -2.11. The first-order chi connectivity index (χ1) is 9.91. The van der Waals surface area contributed by atoms with Crippen LogP contribution < -0.4 is 0 Å². The van der Waals surface area contributed by atoms with Crippen molar-refractivity contribution in [3.05, 3.63) is 53.4 Å². The average Bonchev–Trinajstić information content (AvgIpc) is 2.46. The molecule has 2 nitrogen and oxygen atoms in total. The molecule has 0 aliphatic heterocycles. The predicted octanol–water partition coefficient (Wildman–Crippen LogP) is 4.13. The van der Waals surface area contributed by atoms with Gasteiger partial charge in [-0.2, -0.15) is 5.26 Å². The summed E-state index contributed by atoms with van der Waals surface area (Å²) in [6.07, 6.45) is 2.62. The van der Waals surface area contributed by atoms with Crippen molar-refractivity contribution in [2.75, 3.05) is 0 Å². The number of benzene rings is 1. The Kier molecular flexibility index (Phi) is 4.04. The van der Waals surface area contributed by atoms with Gasteiger partial charge in [0.05, 0.1) is 17.6 Å². The number of rotatable bonds is 3. The number of halogens is 2. The van der Waals surface area contributed by atoms with Crippen LogP contribution in [0.4, 0.5) is 8.78 Å². The van der Waals surface area contributed by atoms with Gasteiger partial charge in [-0.3, -0.25) is 4.79 Å². The summed E-state index contributed by atoms with van der Waals surface area (Å²) < 4.78 is 29.3.